The summed E-state index contributed by atoms with van der Waals surface area (Å²) in [6.07, 6.45) is 0. The second-order valence-electron chi connectivity index (χ2n) is 12.9. The van der Waals surface area contributed by atoms with Crippen molar-refractivity contribution in [2.45, 2.75) is 5.41 Å². The van der Waals surface area contributed by atoms with Gasteiger partial charge in [-0.2, -0.15) is 0 Å². The van der Waals surface area contributed by atoms with E-state index in [1.165, 1.54) is 44.2 Å². The van der Waals surface area contributed by atoms with E-state index in [-0.39, 0.29) is 0 Å². The predicted octanol–water partition coefficient (Wildman–Crippen LogP) is 11.6. The molecule has 1 aliphatic carbocycles. The fourth-order valence-electron chi connectivity index (χ4n) is 8.12. The van der Waals surface area contributed by atoms with E-state index in [1.807, 2.05) is 6.07 Å². The van der Waals surface area contributed by atoms with Gasteiger partial charge in [-0.15, -0.1) is 0 Å². The van der Waals surface area contributed by atoms with Crippen LogP contribution in [0.4, 0.5) is 0 Å². The summed E-state index contributed by atoms with van der Waals surface area (Å²) in [5.74, 6) is 0. The first-order valence-corrected chi connectivity index (χ1v) is 16.8. The summed E-state index contributed by atoms with van der Waals surface area (Å²) in [5.41, 5.74) is 13.0. The van der Waals surface area contributed by atoms with E-state index < -0.39 is 5.41 Å². The van der Waals surface area contributed by atoms with Gasteiger partial charge in [-0.3, -0.25) is 0 Å². The normalized spacial score (nSPS) is 13.1. The summed E-state index contributed by atoms with van der Waals surface area (Å²) in [6, 6.07) is 65.6. The molecule has 49 heavy (non-hydrogen) atoms. The molecule has 0 atom stereocenters. The van der Waals surface area contributed by atoms with Crippen molar-refractivity contribution in [3.63, 3.8) is 0 Å². The number of hydrogen-bond donors (Lipinski definition) is 0. The van der Waals surface area contributed by atoms with Crippen LogP contribution >= 0.6 is 0 Å². The molecule has 1 aromatic heterocycles. The molecule has 9 aromatic rings. The topological polar surface area (TPSA) is 25.8 Å². The lowest BCUT2D eigenvalue weighted by atomic mass is 9.67. The highest BCUT2D eigenvalue weighted by atomic mass is 14.8. The molecule has 0 amide bonds. The molecular formula is C47H30N2. The molecule has 0 saturated heterocycles. The highest BCUT2D eigenvalue weighted by Gasteiger charge is 2.46. The minimum atomic E-state index is -0.424. The summed E-state index contributed by atoms with van der Waals surface area (Å²) in [6.45, 7) is 0. The molecule has 0 radical (unpaired) electrons. The lowest BCUT2D eigenvalue weighted by molar-refractivity contribution is 0.769. The quantitative estimate of drug-likeness (QED) is 0.183. The number of fused-ring (bicyclic) bond motifs is 7. The third-order valence-electron chi connectivity index (χ3n) is 10.3. The van der Waals surface area contributed by atoms with E-state index in [0.717, 1.165) is 44.3 Å². The van der Waals surface area contributed by atoms with Gasteiger partial charge in [-0.05, 0) is 73.8 Å². The number of hydrogen-bond acceptors (Lipinski definition) is 2. The lowest BCUT2D eigenvalue weighted by Crippen LogP contribution is -2.28. The molecule has 0 fully saturated rings. The van der Waals surface area contributed by atoms with Gasteiger partial charge in [0.25, 0.3) is 0 Å². The Morgan fingerprint density at radius 2 is 1.00 bits per heavy atom. The highest BCUT2D eigenvalue weighted by molar-refractivity contribution is 6.06. The zero-order valence-electron chi connectivity index (χ0n) is 26.7. The van der Waals surface area contributed by atoms with E-state index in [0.29, 0.717) is 0 Å². The van der Waals surface area contributed by atoms with Crippen molar-refractivity contribution in [2.24, 2.45) is 0 Å². The molecule has 228 valence electrons. The second-order valence-corrected chi connectivity index (χ2v) is 12.9. The van der Waals surface area contributed by atoms with Gasteiger partial charge in [0, 0.05) is 16.5 Å². The molecule has 0 bridgehead atoms. The Morgan fingerprint density at radius 1 is 0.367 bits per heavy atom. The predicted molar refractivity (Wildman–Crippen MR) is 203 cm³/mol. The second kappa shape index (κ2) is 10.8. The third kappa shape index (κ3) is 4.14. The summed E-state index contributed by atoms with van der Waals surface area (Å²) in [5, 5.41) is 4.66. The smallest absolute Gasteiger partial charge is 0.0973 e. The Kier molecular flexibility index (Phi) is 6.13. The van der Waals surface area contributed by atoms with E-state index in [1.54, 1.807) is 0 Å². The van der Waals surface area contributed by atoms with E-state index in [2.05, 4.69) is 176 Å². The Bertz CT molecular complexity index is 2660. The van der Waals surface area contributed by atoms with Crippen LogP contribution in [0.2, 0.25) is 0 Å². The largest absolute Gasteiger partial charge is 0.244 e. The van der Waals surface area contributed by atoms with Crippen molar-refractivity contribution < 1.29 is 0 Å². The average molecular weight is 623 g/mol. The number of benzene rings is 8. The van der Waals surface area contributed by atoms with Crippen LogP contribution in [-0.4, -0.2) is 9.97 Å². The van der Waals surface area contributed by atoms with Gasteiger partial charge in [0.15, 0.2) is 0 Å². The average Bonchev–Trinajstić information content (AvgIpc) is 3.47. The van der Waals surface area contributed by atoms with Gasteiger partial charge < -0.3 is 0 Å². The van der Waals surface area contributed by atoms with Crippen LogP contribution in [0.5, 0.6) is 0 Å². The minimum absolute atomic E-state index is 0.424. The summed E-state index contributed by atoms with van der Waals surface area (Å²) >= 11 is 0. The number of nitrogens with zero attached hydrogens (tertiary/aromatic N) is 2. The molecule has 2 nitrogen and oxygen atoms in total. The van der Waals surface area contributed by atoms with Crippen LogP contribution in [0.3, 0.4) is 0 Å². The molecule has 0 spiro atoms. The molecule has 0 aliphatic heterocycles. The molecule has 0 unspecified atom stereocenters. The van der Waals surface area contributed by atoms with Crippen LogP contribution < -0.4 is 0 Å². The van der Waals surface area contributed by atoms with Crippen molar-refractivity contribution in [2.75, 3.05) is 0 Å². The fourth-order valence-corrected chi connectivity index (χ4v) is 8.12. The van der Waals surface area contributed by atoms with Crippen molar-refractivity contribution in [1.29, 1.82) is 0 Å². The molecule has 1 heterocycles. The van der Waals surface area contributed by atoms with Gasteiger partial charge in [0.2, 0.25) is 0 Å². The van der Waals surface area contributed by atoms with Crippen molar-refractivity contribution in [3.8, 4) is 33.6 Å². The Labute approximate surface area is 285 Å². The van der Waals surface area contributed by atoms with Gasteiger partial charge in [-0.25, -0.2) is 9.97 Å². The molecule has 0 N–H and O–H groups in total. The third-order valence-corrected chi connectivity index (χ3v) is 10.3. The molecule has 2 heteroatoms. The van der Waals surface area contributed by atoms with Crippen LogP contribution in [0.25, 0.3) is 66.2 Å². The summed E-state index contributed by atoms with van der Waals surface area (Å²) < 4.78 is 0. The first-order valence-electron chi connectivity index (χ1n) is 16.8. The Balaban J connectivity index is 1.24. The van der Waals surface area contributed by atoms with E-state index in [9.17, 15) is 0 Å². The maximum Gasteiger partial charge on any atom is 0.0973 e. The van der Waals surface area contributed by atoms with Gasteiger partial charge >= 0.3 is 0 Å². The maximum atomic E-state index is 5.41. The van der Waals surface area contributed by atoms with Crippen molar-refractivity contribution in [1.82, 2.24) is 9.97 Å². The van der Waals surface area contributed by atoms with Crippen LogP contribution in [0.15, 0.2) is 182 Å². The molecule has 10 rings (SSSR count). The standard InChI is InChI=1S/C47H30N2/c1-4-15-32(16-5-1)44-45(49-46-38-21-11-10-14-31(38)26-27-43(46)48-44)34-25-24-33-30-42-40(29-35(33)28-34)39-22-12-13-23-41(39)47(42,36-17-6-2-7-18-36)37-19-8-3-9-20-37/h1-30H. The minimum Gasteiger partial charge on any atom is -0.244 e. The lowest BCUT2D eigenvalue weighted by Gasteiger charge is -2.34. The number of aromatic nitrogens is 2. The van der Waals surface area contributed by atoms with Crippen molar-refractivity contribution >= 4 is 32.6 Å². The Hall–Kier alpha value is -6.38. The number of rotatable bonds is 4. The summed E-state index contributed by atoms with van der Waals surface area (Å²) in [4.78, 5) is 10.7. The summed E-state index contributed by atoms with van der Waals surface area (Å²) in [7, 11) is 0. The zero-order chi connectivity index (χ0) is 32.4. The monoisotopic (exact) mass is 622 g/mol. The van der Waals surface area contributed by atoms with E-state index >= 15 is 0 Å². The van der Waals surface area contributed by atoms with Crippen LogP contribution in [0.1, 0.15) is 22.3 Å². The molecule has 8 aromatic carbocycles. The van der Waals surface area contributed by atoms with Crippen LogP contribution in [-0.2, 0) is 5.41 Å². The van der Waals surface area contributed by atoms with E-state index in [4.69, 9.17) is 9.97 Å². The Morgan fingerprint density at radius 3 is 1.78 bits per heavy atom. The van der Waals surface area contributed by atoms with Gasteiger partial charge in [0.05, 0.1) is 27.8 Å². The fraction of sp³-hybridized carbons (Fsp3) is 0.0213. The molecule has 0 saturated carbocycles. The van der Waals surface area contributed by atoms with Gasteiger partial charge in [-0.1, -0.05) is 158 Å². The SMILES string of the molecule is c1ccc(-c2nc3ccc4ccccc4c3nc2-c2ccc3cc4c(cc3c2)-c2ccccc2C4(c2ccccc2)c2ccccc2)cc1. The first kappa shape index (κ1) is 27.7. The highest BCUT2D eigenvalue weighted by Crippen LogP contribution is 2.56. The maximum absolute atomic E-state index is 5.41. The van der Waals surface area contributed by atoms with Crippen LogP contribution in [0, 0.1) is 0 Å². The van der Waals surface area contributed by atoms with Gasteiger partial charge in [0.1, 0.15) is 0 Å². The molecular weight excluding hydrogens is 593 g/mol. The molecule has 1 aliphatic rings. The first-order chi connectivity index (χ1) is 24.3. The van der Waals surface area contributed by atoms with Crippen molar-refractivity contribution in [3.05, 3.63) is 204 Å². The zero-order valence-corrected chi connectivity index (χ0v) is 26.7.